The Morgan fingerprint density at radius 1 is 0.893 bits per heavy atom. The summed E-state index contributed by atoms with van der Waals surface area (Å²) in [5, 5.41) is 5.22. The Labute approximate surface area is 171 Å². The van der Waals surface area contributed by atoms with Crippen molar-refractivity contribution in [2.75, 3.05) is 5.32 Å². The molecule has 1 saturated carbocycles. The van der Waals surface area contributed by atoms with E-state index in [1.807, 2.05) is 11.3 Å². The van der Waals surface area contributed by atoms with E-state index in [0.29, 0.717) is 6.04 Å². The molecule has 0 aliphatic heterocycles. The third kappa shape index (κ3) is 3.80. The zero-order valence-electron chi connectivity index (χ0n) is 16.5. The molecule has 2 aromatic heterocycles. The summed E-state index contributed by atoms with van der Waals surface area (Å²) < 4.78 is 0. The second-order valence-corrected chi connectivity index (χ2v) is 9.46. The van der Waals surface area contributed by atoms with Crippen molar-refractivity contribution in [1.82, 2.24) is 9.97 Å². The SMILES string of the molecule is c1ccc(Cc2nc(NC3CCCCCC3)c3c4c(sc3n2)CCCC4)cc1. The maximum absolute atomic E-state index is 5.09. The number of hydrogen-bond donors (Lipinski definition) is 1. The van der Waals surface area contributed by atoms with Crippen molar-refractivity contribution in [2.45, 2.75) is 76.7 Å². The van der Waals surface area contributed by atoms with E-state index in [-0.39, 0.29) is 0 Å². The third-order valence-electron chi connectivity index (χ3n) is 6.26. The lowest BCUT2D eigenvalue weighted by Crippen LogP contribution is -2.20. The molecule has 2 aliphatic carbocycles. The second-order valence-electron chi connectivity index (χ2n) is 8.37. The predicted octanol–water partition coefficient (Wildman–Crippen LogP) is 6.30. The van der Waals surface area contributed by atoms with Crippen molar-refractivity contribution in [3.8, 4) is 0 Å². The molecule has 2 heterocycles. The highest BCUT2D eigenvalue weighted by Crippen LogP contribution is 2.39. The highest BCUT2D eigenvalue weighted by molar-refractivity contribution is 7.19. The maximum Gasteiger partial charge on any atom is 0.139 e. The quantitative estimate of drug-likeness (QED) is 0.531. The fraction of sp³-hybridized carbons (Fsp3) is 0.500. The normalized spacial score (nSPS) is 18.0. The molecule has 1 aromatic carbocycles. The summed E-state index contributed by atoms with van der Waals surface area (Å²) in [4.78, 5) is 12.9. The van der Waals surface area contributed by atoms with E-state index in [2.05, 4.69) is 35.6 Å². The van der Waals surface area contributed by atoms with Gasteiger partial charge in [0.25, 0.3) is 0 Å². The van der Waals surface area contributed by atoms with Crippen LogP contribution in [0.2, 0.25) is 0 Å². The molecule has 0 amide bonds. The van der Waals surface area contributed by atoms with E-state index in [1.165, 1.54) is 85.6 Å². The molecule has 0 bridgehead atoms. The molecular weight excluding hydrogens is 362 g/mol. The van der Waals surface area contributed by atoms with Crippen LogP contribution in [-0.2, 0) is 19.3 Å². The van der Waals surface area contributed by atoms with Gasteiger partial charge in [0.15, 0.2) is 0 Å². The first-order valence-electron chi connectivity index (χ1n) is 11.0. The van der Waals surface area contributed by atoms with Crippen LogP contribution >= 0.6 is 11.3 Å². The van der Waals surface area contributed by atoms with Gasteiger partial charge in [-0.2, -0.15) is 0 Å². The summed E-state index contributed by atoms with van der Waals surface area (Å²) in [6, 6.07) is 11.2. The monoisotopic (exact) mass is 391 g/mol. The molecule has 5 rings (SSSR count). The fourth-order valence-electron chi connectivity index (χ4n) is 4.78. The summed E-state index contributed by atoms with van der Waals surface area (Å²) in [5.41, 5.74) is 2.82. The van der Waals surface area contributed by atoms with Crippen LogP contribution in [0.1, 0.15) is 73.2 Å². The lowest BCUT2D eigenvalue weighted by molar-refractivity contribution is 0.617. The number of nitrogens with zero attached hydrogens (tertiary/aromatic N) is 2. The van der Waals surface area contributed by atoms with E-state index < -0.39 is 0 Å². The number of fused-ring (bicyclic) bond motifs is 3. The predicted molar refractivity (Wildman–Crippen MR) is 118 cm³/mol. The first-order valence-corrected chi connectivity index (χ1v) is 11.8. The fourth-order valence-corrected chi connectivity index (χ4v) is 6.06. The van der Waals surface area contributed by atoms with Crippen molar-refractivity contribution in [1.29, 1.82) is 0 Å². The standard InChI is InChI=1S/C24H29N3S/c1-2-7-13-18(12-6-1)25-23-22-19-14-8-9-15-20(19)28-24(22)27-21(26-23)16-17-10-4-3-5-11-17/h3-5,10-11,18H,1-2,6-9,12-16H2,(H,25,26,27). The summed E-state index contributed by atoms with van der Waals surface area (Å²) in [5.74, 6) is 2.07. The average molecular weight is 392 g/mol. The van der Waals surface area contributed by atoms with Gasteiger partial charge >= 0.3 is 0 Å². The van der Waals surface area contributed by atoms with Crippen LogP contribution in [0.5, 0.6) is 0 Å². The van der Waals surface area contributed by atoms with Crippen LogP contribution in [0, 0.1) is 0 Å². The van der Waals surface area contributed by atoms with Crippen LogP contribution in [0.15, 0.2) is 30.3 Å². The summed E-state index contributed by atoms with van der Waals surface area (Å²) >= 11 is 1.91. The summed E-state index contributed by atoms with van der Waals surface area (Å²) in [7, 11) is 0. The minimum absolute atomic E-state index is 0.560. The minimum Gasteiger partial charge on any atom is -0.367 e. The molecule has 0 spiro atoms. The number of thiophene rings is 1. The largest absolute Gasteiger partial charge is 0.367 e. The van der Waals surface area contributed by atoms with Gasteiger partial charge < -0.3 is 5.32 Å². The molecule has 0 radical (unpaired) electrons. The molecule has 1 fully saturated rings. The lowest BCUT2D eigenvalue weighted by atomic mass is 9.96. The van der Waals surface area contributed by atoms with Gasteiger partial charge in [-0.25, -0.2) is 9.97 Å². The number of benzene rings is 1. The molecule has 146 valence electrons. The van der Waals surface area contributed by atoms with Crippen LogP contribution in [0.4, 0.5) is 5.82 Å². The van der Waals surface area contributed by atoms with Crippen LogP contribution in [0.3, 0.4) is 0 Å². The van der Waals surface area contributed by atoms with E-state index in [9.17, 15) is 0 Å². The van der Waals surface area contributed by atoms with E-state index >= 15 is 0 Å². The second kappa shape index (κ2) is 8.20. The zero-order chi connectivity index (χ0) is 18.8. The first-order chi connectivity index (χ1) is 13.9. The van der Waals surface area contributed by atoms with Crippen molar-refractivity contribution >= 4 is 27.4 Å². The van der Waals surface area contributed by atoms with Crippen LogP contribution in [0.25, 0.3) is 10.2 Å². The molecule has 0 atom stereocenters. The van der Waals surface area contributed by atoms with Gasteiger partial charge in [-0.1, -0.05) is 56.0 Å². The Morgan fingerprint density at radius 2 is 1.68 bits per heavy atom. The molecule has 0 unspecified atom stereocenters. The van der Waals surface area contributed by atoms with Crippen molar-refractivity contribution in [3.05, 3.63) is 52.2 Å². The van der Waals surface area contributed by atoms with Crippen LogP contribution < -0.4 is 5.32 Å². The minimum atomic E-state index is 0.560. The molecule has 1 N–H and O–H groups in total. The summed E-state index contributed by atoms with van der Waals surface area (Å²) in [6.07, 6.45) is 13.8. The molecule has 3 aromatic rings. The van der Waals surface area contributed by atoms with Gasteiger partial charge in [-0.3, -0.25) is 0 Å². The number of anilines is 1. The highest BCUT2D eigenvalue weighted by atomic mass is 32.1. The number of aromatic nitrogens is 2. The lowest BCUT2D eigenvalue weighted by Gasteiger charge is -2.19. The van der Waals surface area contributed by atoms with Crippen molar-refractivity contribution < 1.29 is 0 Å². The molecule has 4 heteroatoms. The molecular formula is C24H29N3S. The van der Waals surface area contributed by atoms with Crippen molar-refractivity contribution in [2.24, 2.45) is 0 Å². The van der Waals surface area contributed by atoms with E-state index in [0.717, 1.165) is 18.1 Å². The Hall–Kier alpha value is -1.94. The van der Waals surface area contributed by atoms with Crippen molar-refractivity contribution in [3.63, 3.8) is 0 Å². The van der Waals surface area contributed by atoms with Crippen LogP contribution in [-0.4, -0.2) is 16.0 Å². The van der Waals surface area contributed by atoms with E-state index in [4.69, 9.17) is 9.97 Å². The Morgan fingerprint density at radius 3 is 2.50 bits per heavy atom. The van der Waals surface area contributed by atoms with Gasteiger partial charge in [-0.05, 0) is 49.7 Å². The number of aryl methyl sites for hydroxylation is 2. The Balaban J connectivity index is 1.54. The van der Waals surface area contributed by atoms with Gasteiger partial charge in [0.2, 0.25) is 0 Å². The third-order valence-corrected chi connectivity index (χ3v) is 7.45. The molecule has 0 saturated heterocycles. The Kier molecular flexibility index (Phi) is 5.30. The van der Waals surface area contributed by atoms with Gasteiger partial charge in [0, 0.05) is 17.3 Å². The molecule has 28 heavy (non-hydrogen) atoms. The number of rotatable bonds is 4. The summed E-state index contributed by atoms with van der Waals surface area (Å²) in [6.45, 7) is 0. The Bertz CT molecular complexity index is 939. The van der Waals surface area contributed by atoms with Gasteiger partial charge in [0.1, 0.15) is 16.5 Å². The molecule has 3 nitrogen and oxygen atoms in total. The zero-order valence-corrected chi connectivity index (χ0v) is 17.4. The smallest absolute Gasteiger partial charge is 0.139 e. The van der Waals surface area contributed by atoms with Gasteiger partial charge in [0.05, 0.1) is 5.39 Å². The number of nitrogens with one attached hydrogen (secondary N) is 1. The highest BCUT2D eigenvalue weighted by Gasteiger charge is 2.23. The molecule has 2 aliphatic rings. The average Bonchev–Trinajstić information content (AvgIpc) is 2.89. The maximum atomic E-state index is 5.09. The van der Waals surface area contributed by atoms with E-state index in [1.54, 1.807) is 4.88 Å². The first kappa shape index (κ1) is 18.1. The number of hydrogen-bond acceptors (Lipinski definition) is 4. The van der Waals surface area contributed by atoms with Gasteiger partial charge in [-0.15, -0.1) is 11.3 Å². The topological polar surface area (TPSA) is 37.8 Å².